The van der Waals surface area contributed by atoms with E-state index in [0.717, 1.165) is 29.9 Å². The van der Waals surface area contributed by atoms with Gasteiger partial charge in [-0.25, -0.2) is 0 Å². The SMILES string of the molecule is CSC[Se]C[Se]CSC. The summed E-state index contributed by atoms with van der Waals surface area (Å²) in [6.45, 7) is 0. The second-order valence-electron chi connectivity index (χ2n) is 1.34. The zero-order valence-electron chi connectivity index (χ0n) is 5.75. The van der Waals surface area contributed by atoms with E-state index in [1.807, 2.05) is 23.5 Å². The quantitative estimate of drug-likeness (QED) is 0.537. The molecule has 0 aromatic heterocycles. The molecule has 0 unspecified atom stereocenters. The van der Waals surface area contributed by atoms with Crippen molar-refractivity contribution in [1.82, 2.24) is 0 Å². The summed E-state index contributed by atoms with van der Waals surface area (Å²) in [6, 6.07) is 0. The fourth-order valence-electron chi connectivity index (χ4n) is 0.294. The van der Waals surface area contributed by atoms with Crippen molar-refractivity contribution in [1.29, 1.82) is 0 Å². The molecule has 0 nitrogen and oxygen atoms in total. The van der Waals surface area contributed by atoms with Crippen LogP contribution in [0, 0.1) is 0 Å². The van der Waals surface area contributed by atoms with E-state index < -0.39 is 0 Å². The molecular formula is C5H12S2Se2. The normalized spacial score (nSPS) is 10.0. The Morgan fingerprint density at radius 1 is 1.00 bits per heavy atom. The average molecular weight is 294 g/mol. The van der Waals surface area contributed by atoms with Gasteiger partial charge in [-0.15, -0.1) is 0 Å². The van der Waals surface area contributed by atoms with E-state index in [1.54, 1.807) is 4.22 Å². The van der Waals surface area contributed by atoms with Crippen LogP contribution in [0.25, 0.3) is 0 Å². The Balaban J connectivity index is 2.60. The zero-order chi connectivity index (χ0) is 6.95. The topological polar surface area (TPSA) is 0 Å². The molecule has 0 spiro atoms. The fourth-order valence-corrected chi connectivity index (χ4v) is 9.70. The zero-order valence-corrected chi connectivity index (χ0v) is 10.8. The van der Waals surface area contributed by atoms with Gasteiger partial charge in [0, 0.05) is 0 Å². The van der Waals surface area contributed by atoms with Gasteiger partial charge in [0.1, 0.15) is 0 Å². The van der Waals surface area contributed by atoms with E-state index in [0.29, 0.717) is 0 Å². The molecule has 0 aliphatic carbocycles. The number of thioether (sulfide) groups is 2. The number of rotatable bonds is 6. The van der Waals surface area contributed by atoms with E-state index in [2.05, 4.69) is 12.5 Å². The van der Waals surface area contributed by atoms with Crippen LogP contribution in [0.2, 0.25) is 4.22 Å². The molecule has 0 atom stereocenters. The predicted molar refractivity (Wildman–Crippen MR) is 53.1 cm³/mol. The summed E-state index contributed by atoms with van der Waals surface area (Å²) in [6.07, 6.45) is 4.40. The van der Waals surface area contributed by atoms with Gasteiger partial charge in [-0.1, -0.05) is 0 Å². The van der Waals surface area contributed by atoms with Gasteiger partial charge in [0.05, 0.1) is 0 Å². The molecule has 4 heteroatoms. The van der Waals surface area contributed by atoms with Crippen LogP contribution in [-0.4, -0.2) is 51.7 Å². The first-order valence-electron chi connectivity index (χ1n) is 2.55. The van der Waals surface area contributed by atoms with Gasteiger partial charge in [0.2, 0.25) is 0 Å². The molecule has 0 fully saturated rings. The van der Waals surface area contributed by atoms with Crippen LogP contribution in [-0.2, 0) is 0 Å². The van der Waals surface area contributed by atoms with Gasteiger partial charge in [-0.2, -0.15) is 0 Å². The minimum atomic E-state index is 0.954. The van der Waals surface area contributed by atoms with E-state index in [1.165, 1.54) is 9.30 Å². The standard InChI is InChI=1S/C5H12S2Se2/c1-6-3-8-5-9-4-7-2/h3-5H2,1-2H3. The third-order valence-electron chi connectivity index (χ3n) is 0.569. The fraction of sp³-hybridized carbons (Fsp3) is 1.00. The van der Waals surface area contributed by atoms with Crippen LogP contribution in [0.3, 0.4) is 0 Å². The Morgan fingerprint density at radius 3 is 1.78 bits per heavy atom. The summed E-state index contributed by atoms with van der Waals surface area (Å²) in [5.74, 6) is 0. The maximum atomic E-state index is 2.20. The molecule has 0 N–H and O–H groups in total. The van der Waals surface area contributed by atoms with Crippen LogP contribution in [0.15, 0.2) is 0 Å². The molecule has 0 heterocycles. The Bertz CT molecular complexity index is 46.2. The Morgan fingerprint density at radius 2 is 1.44 bits per heavy atom. The summed E-state index contributed by atoms with van der Waals surface area (Å²) in [5.41, 5.74) is 0. The molecule has 0 aliphatic heterocycles. The molecule has 0 amide bonds. The van der Waals surface area contributed by atoms with Crippen molar-refractivity contribution in [2.24, 2.45) is 0 Å². The van der Waals surface area contributed by atoms with Gasteiger partial charge in [0.25, 0.3) is 0 Å². The van der Waals surface area contributed by atoms with Crippen LogP contribution < -0.4 is 0 Å². The molecule has 56 valence electrons. The Hall–Kier alpha value is 1.74. The molecule has 0 radical (unpaired) electrons. The first kappa shape index (κ1) is 10.7. The first-order valence-corrected chi connectivity index (χ1v) is 10.2. The van der Waals surface area contributed by atoms with Gasteiger partial charge in [-0.3, -0.25) is 0 Å². The van der Waals surface area contributed by atoms with Crippen molar-refractivity contribution >= 4 is 53.4 Å². The second-order valence-corrected chi connectivity index (χ2v) is 10.7. The van der Waals surface area contributed by atoms with Gasteiger partial charge >= 0.3 is 79.5 Å². The molecule has 0 aromatic rings. The first-order chi connectivity index (χ1) is 4.41. The second kappa shape index (κ2) is 9.74. The summed E-state index contributed by atoms with van der Waals surface area (Å²) in [5, 5.41) is 0. The average Bonchev–Trinajstić information content (AvgIpc) is 1.89. The summed E-state index contributed by atoms with van der Waals surface area (Å²) in [7, 11) is 0. The van der Waals surface area contributed by atoms with Crippen LogP contribution in [0.5, 0.6) is 0 Å². The third kappa shape index (κ3) is 9.74. The van der Waals surface area contributed by atoms with Gasteiger partial charge in [0.15, 0.2) is 0 Å². The molecule has 0 saturated heterocycles. The molecule has 0 bridgehead atoms. The van der Waals surface area contributed by atoms with Crippen molar-refractivity contribution in [3.8, 4) is 0 Å². The van der Waals surface area contributed by atoms with E-state index >= 15 is 0 Å². The molecule has 0 aliphatic rings. The van der Waals surface area contributed by atoms with Gasteiger partial charge < -0.3 is 0 Å². The number of hydrogen-bond acceptors (Lipinski definition) is 2. The van der Waals surface area contributed by atoms with Gasteiger partial charge in [-0.05, 0) is 0 Å². The summed E-state index contributed by atoms with van der Waals surface area (Å²) < 4.78 is 4.38. The maximum absolute atomic E-state index is 2.20. The van der Waals surface area contributed by atoms with Crippen molar-refractivity contribution in [3.63, 3.8) is 0 Å². The molecule has 0 saturated carbocycles. The Kier molecular flexibility index (Phi) is 11.6. The van der Waals surface area contributed by atoms with Crippen LogP contribution >= 0.6 is 23.5 Å². The van der Waals surface area contributed by atoms with Crippen molar-refractivity contribution < 1.29 is 0 Å². The van der Waals surface area contributed by atoms with Crippen molar-refractivity contribution in [2.75, 3.05) is 21.8 Å². The molecule has 9 heavy (non-hydrogen) atoms. The molecular weight excluding hydrogens is 282 g/mol. The summed E-state index contributed by atoms with van der Waals surface area (Å²) in [4.78, 5) is 0. The predicted octanol–water partition coefficient (Wildman–Crippen LogP) is 1.41. The number of hydrogen-bond donors (Lipinski definition) is 0. The molecule has 0 rings (SSSR count). The molecule has 0 aromatic carbocycles. The van der Waals surface area contributed by atoms with E-state index in [9.17, 15) is 0 Å². The third-order valence-corrected chi connectivity index (χ3v) is 10.8. The van der Waals surface area contributed by atoms with E-state index in [-0.39, 0.29) is 0 Å². The summed E-state index contributed by atoms with van der Waals surface area (Å²) >= 11 is 5.89. The minimum absolute atomic E-state index is 0.954. The van der Waals surface area contributed by atoms with Crippen LogP contribution in [0.4, 0.5) is 0 Å². The van der Waals surface area contributed by atoms with Crippen molar-refractivity contribution in [3.05, 3.63) is 0 Å². The van der Waals surface area contributed by atoms with Crippen molar-refractivity contribution in [2.45, 2.75) is 4.22 Å². The van der Waals surface area contributed by atoms with E-state index in [4.69, 9.17) is 0 Å². The Labute approximate surface area is 79.0 Å². The van der Waals surface area contributed by atoms with Crippen LogP contribution in [0.1, 0.15) is 0 Å². The monoisotopic (exact) mass is 296 g/mol.